The molecule has 156 valence electrons. The molecule has 3 rings (SSSR count). The van der Waals surface area contributed by atoms with Gasteiger partial charge in [-0.1, -0.05) is 6.07 Å². The number of ether oxygens (including phenoxy) is 3. The van der Waals surface area contributed by atoms with Gasteiger partial charge in [0.05, 0.1) is 33.6 Å². The smallest absolute Gasteiger partial charge is 0.203 e. The lowest BCUT2D eigenvalue weighted by atomic mass is 9.95. The van der Waals surface area contributed by atoms with Crippen LogP contribution in [0.3, 0.4) is 0 Å². The van der Waals surface area contributed by atoms with Crippen LogP contribution >= 0.6 is 0 Å². The fourth-order valence-electron chi connectivity index (χ4n) is 3.95. The van der Waals surface area contributed by atoms with E-state index in [9.17, 15) is 4.79 Å². The predicted molar refractivity (Wildman–Crippen MR) is 114 cm³/mol. The van der Waals surface area contributed by atoms with E-state index in [0.29, 0.717) is 29.5 Å². The predicted octanol–water partition coefficient (Wildman–Crippen LogP) is 2.35. The summed E-state index contributed by atoms with van der Waals surface area (Å²) in [6.45, 7) is 0.259. The van der Waals surface area contributed by atoms with Gasteiger partial charge in [0.25, 0.3) is 0 Å². The average molecular weight is 400 g/mol. The molecule has 1 aliphatic carbocycles. The van der Waals surface area contributed by atoms with Crippen molar-refractivity contribution in [2.24, 2.45) is 0 Å². The molecule has 2 aromatic carbocycles. The maximum atomic E-state index is 12.8. The number of aryl methyl sites for hydroxylation is 1. The fourth-order valence-corrected chi connectivity index (χ4v) is 3.95. The number of nitrogens with one attached hydrogen (secondary N) is 2. The highest BCUT2D eigenvalue weighted by atomic mass is 16.5. The van der Waals surface area contributed by atoms with Crippen LogP contribution in [0.2, 0.25) is 0 Å². The summed E-state index contributed by atoms with van der Waals surface area (Å²) in [5.41, 5.74) is 4.11. The van der Waals surface area contributed by atoms with Crippen LogP contribution in [0.5, 0.6) is 17.2 Å². The first kappa shape index (κ1) is 21.0. The molecule has 0 radical (unpaired) electrons. The van der Waals surface area contributed by atoms with Crippen molar-refractivity contribution in [1.82, 2.24) is 5.32 Å². The molecule has 0 aromatic heterocycles. The number of rotatable bonds is 7. The summed E-state index contributed by atoms with van der Waals surface area (Å²) in [6, 6.07) is 7.34. The normalized spacial score (nSPS) is 15.0. The van der Waals surface area contributed by atoms with E-state index in [2.05, 4.69) is 10.6 Å². The number of aliphatic hydroxyl groups is 1. The number of hydrogen-bond donors (Lipinski definition) is 3. The molecule has 0 amide bonds. The standard InChI is InChI=1S/C22H28N2O5/c1-23-16-7-5-13-11-19(27-2)21(28-3)22(29-4)20(13)14-6-8-17(24-9-10-25)18(26)12-15(14)16/h6,8,11-12,16,23,25H,5,7,9-10H2,1-4H3,(H,24,26)/t16-/m0/s1. The minimum Gasteiger partial charge on any atom is -0.493 e. The van der Waals surface area contributed by atoms with Crippen LogP contribution < -0.4 is 30.3 Å². The third kappa shape index (κ3) is 3.88. The second-order valence-electron chi connectivity index (χ2n) is 6.83. The van der Waals surface area contributed by atoms with E-state index in [-0.39, 0.29) is 18.1 Å². The van der Waals surface area contributed by atoms with Gasteiger partial charge in [0.2, 0.25) is 11.2 Å². The number of methoxy groups -OCH3 is 3. The van der Waals surface area contributed by atoms with Crippen molar-refractivity contribution in [1.29, 1.82) is 0 Å². The SMILES string of the molecule is CN[C@H]1CCc2cc(OC)c(OC)c(OC)c2-c2ccc(NCCO)c(=O)cc21. The molecule has 0 saturated carbocycles. The van der Waals surface area contributed by atoms with Crippen LogP contribution in [-0.4, -0.2) is 46.6 Å². The summed E-state index contributed by atoms with van der Waals surface area (Å²) in [6.07, 6.45) is 1.61. The van der Waals surface area contributed by atoms with Crippen LogP contribution in [0.25, 0.3) is 11.1 Å². The summed E-state index contributed by atoms with van der Waals surface area (Å²) in [7, 11) is 6.69. The second-order valence-corrected chi connectivity index (χ2v) is 6.83. The Bertz CT molecular complexity index is 945. The van der Waals surface area contributed by atoms with E-state index in [1.807, 2.05) is 19.2 Å². The Hall–Kier alpha value is -2.77. The summed E-state index contributed by atoms with van der Waals surface area (Å²) >= 11 is 0. The molecule has 2 aromatic rings. The van der Waals surface area contributed by atoms with Gasteiger partial charge in [-0.3, -0.25) is 4.79 Å². The Morgan fingerprint density at radius 1 is 1.10 bits per heavy atom. The van der Waals surface area contributed by atoms with Crippen molar-refractivity contribution in [3.05, 3.63) is 45.6 Å². The van der Waals surface area contributed by atoms with Gasteiger partial charge in [0, 0.05) is 18.2 Å². The minimum absolute atomic E-state index is 0.00453. The Labute approximate surface area is 170 Å². The molecule has 0 aliphatic heterocycles. The van der Waals surface area contributed by atoms with E-state index < -0.39 is 0 Å². The molecule has 29 heavy (non-hydrogen) atoms. The van der Waals surface area contributed by atoms with Gasteiger partial charge in [0.1, 0.15) is 0 Å². The first-order chi connectivity index (χ1) is 14.1. The summed E-state index contributed by atoms with van der Waals surface area (Å²) in [5.74, 6) is 1.72. The van der Waals surface area contributed by atoms with E-state index in [1.54, 1.807) is 33.5 Å². The van der Waals surface area contributed by atoms with Gasteiger partial charge < -0.3 is 30.0 Å². The van der Waals surface area contributed by atoms with Gasteiger partial charge in [-0.2, -0.15) is 0 Å². The summed E-state index contributed by atoms with van der Waals surface area (Å²) in [5, 5.41) is 15.4. The zero-order valence-electron chi connectivity index (χ0n) is 17.3. The molecule has 0 bridgehead atoms. The van der Waals surface area contributed by atoms with Gasteiger partial charge in [-0.25, -0.2) is 0 Å². The average Bonchev–Trinajstić information content (AvgIpc) is 2.98. The molecular formula is C22H28N2O5. The van der Waals surface area contributed by atoms with Crippen molar-refractivity contribution < 1.29 is 19.3 Å². The van der Waals surface area contributed by atoms with E-state index in [0.717, 1.165) is 35.1 Å². The molecular weight excluding hydrogens is 372 g/mol. The molecule has 0 saturated heterocycles. The third-order valence-electron chi connectivity index (χ3n) is 5.31. The van der Waals surface area contributed by atoms with E-state index >= 15 is 0 Å². The van der Waals surface area contributed by atoms with Crippen molar-refractivity contribution in [2.75, 3.05) is 46.8 Å². The Morgan fingerprint density at radius 2 is 1.86 bits per heavy atom. The molecule has 3 N–H and O–H groups in total. The van der Waals surface area contributed by atoms with Crippen LogP contribution in [-0.2, 0) is 6.42 Å². The van der Waals surface area contributed by atoms with E-state index in [4.69, 9.17) is 19.3 Å². The maximum absolute atomic E-state index is 12.8. The number of fused-ring (bicyclic) bond motifs is 3. The molecule has 7 nitrogen and oxygen atoms in total. The van der Waals surface area contributed by atoms with Gasteiger partial charge >= 0.3 is 0 Å². The quantitative estimate of drug-likeness (QED) is 0.657. The fraction of sp³-hybridized carbons (Fsp3) is 0.409. The topological polar surface area (TPSA) is 89.1 Å². The lowest BCUT2D eigenvalue weighted by Crippen LogP contribution is -2.18. The largest absolute Gasteiger partial charge is 0.493 e. The van der Waals surface area contributed by atoms with Gasteiger partial charge in [-0.05, 0) is 54.8 Å². The van der Waals surface area contributed by atoms with Gasteiger partial charge in [-0.15, -0.1) is 0 Å². The number of anilines is 1. The molecule has 0 heterocycles. The van der Waals surface area contributed by atoms with Crippen LogP contribution in [0, 0.1) is 0 Å². The zero-order chi connectivity index (χ0) is 21.0. The Balaban J connectivity index is 2.35. The first-order valence-corrected chi connectivity index (χ1v) is 9.62. The maximum Gasteiger partial charge on any atom is 0.203 e. The highest BCUT2D eigenvalue weighted by Crippen LogP contribution is 2.50. The van der Waals surface area contributed by atoms with Crippen LogP contribution in [0.4, 0.5) is 5.69 Å². The van der Waals surface area contributed by atoms with E-state index in [1.165, 1.54) is 0 Å². The molecule has 1 atom stereocenters. The second kappa shape index (κ2) is 9.15. The highest BCUT2D eigenvalue weighted by molar-refractivity contribution is 5.83. The summed E-state index contributed by atoms with van der Waals surface area (Å²) in [4.78, 5) is 12.8. The highest BCUT2D eigenvalue weighted by Gasteiger charge is 2.28. The molecule has 0 unspecified atom stereocenters. The van der Waals surface area contributed by atoms with Crippen molar-refractivity contribution in [3.63, 3.8) is 0 Å². The van der Waals surface area contributed by atoms with Gasteiger partial charge in [0.15, 0.2) is 11.5 Å². The first-order valence-electron chi connectivity index (χ1n) is 9.62. The monoisotopic (exact) mass is 400 g/mol. The number of hydrogen-bond acceptors (Lipinski definition) is 7. The lowest BCUT2D eigenvalue weighted by molar-refractivity contribution is 0.311. The third-order valence-corrected chi connectivity index (χ3v) is 5.31. The van der Waals surface area contributed by atoms with Crippen molar-refractivity contribution in [2.45, 2.75) is 18.9 Å². The summed E-state index contributed by atoms with van der Waals surface area (Å²) < 4.78 is 16.9. The zero-order valence-corrected chi connectivity index (χ0v) is 17.3. The molecule has 7 heteroatoms. The van der Waals surface area contributed by atoms with Crippen molar-refractivity contribution in [3.8, 4) is 28.4 Å². The molecule has 1 aliphatic rings. The molecule has 0 spiro atoms. The van der Waals surface area contributed by atoms with Crippen LogP contribution in [0.1, 0.15) is 23.6 Å². The minimum atomic E-state index is -0.122. The number of aliphatic hydroxyl groups excluding tert-OH is 1. The lowest BCUT2D eigenvalue weighted by Gasteiger charge is -2.19. The number of benzene rings is 1. The van der Waals surface area contributed by atoms with Crippen LogP contribution in [0.15, 0.2) is 29.1 Å². The Kier molecular flexibility index (Phi) is 6.61. The Morgan fingerprint density at radius 3 is 2.48 bits per heavy atom. The molecule has 0 fully saturated rings. The van der Waals surface area contributed by atoms with Crippen molar-refractivity contribution >= 4 is 5.69 Å².